The molecular formula is C16H16BrN. The molecule has 2 aromatic rings. The smallest absolute Gasteiger partial charge is 0.0214 e. The lowest BCUT2D eigenvalue weighted by atomic mass is 10.00. The Morgan fingerprint density at radius 2 is 1.89 bits per heavy atom. The molecule has 1 nitrogen and oxygen atoms in total. The van der Waals surface area contributed by atoms with Crippen LogP contribution in [-0.4, -0.2) is 6.04 Å². The topological polar surface area (TPSA) is 12.0 Å². The van der Waals surface area contributed by atoms with Gasteiger partial charge in [-0.2, -0.15) is 0 Å². The Labute approximate surface area is 116 Å². The van der Waals surface area contributed by atoms with E-state index >= 15 is 0 Å². The first kappa shape index (κ1) is 11.9. The van der Waals surface area contributed by atoms with Crippen molar-refractivity contribution in [1.82, 2.24) is 5.32 Å². The molecule has 2 aromatic carbocycles. The molecule has 3 rings (SSSR count). The monoisotopic (exact) mass is 301 g/mol. The van der Waals surface area contributed by atoms with Crippen molar-refractivity contribution in [2.45, 2.75) is 25.4 Å². The van der Waals surface area contributed by atoms with Crippen LogP contribution in [0.15, 0.2) is 53.0 Å². The van der Waals surface area contributed by atoms with Gasteiger partial charge in [0.2, 0.25) is 0 Å². The summed E-state index contributed by atoms with van der Waals surface area (Å²) in [7, 11) is 0. The van der Waals surface area contributed by atoms with Gasteiger partial charge in [-0.25, -0.2) is 0 Å². The number of hydrogen-bond acceptors (Lipinski definition) is 1. The third-order valence-electron chi connectivity index (χ3n) is 3.31. The van der Waals surface area contributed by atoms with E-state index in [-0.39, 0.29) is 0 Å². The highest BCUT2D eigenvalue weighted by Crippen LogP contribution is 2.27. The van der Waals surface area contributed by atoms with E-state index in [0.717, 1.165) is 17.1 Å². The van der Waals surface area contributed by atoms with Crippen LogP contribution >= 0.6 is 15.9 Å². The summed E-state index contributed by atoms with van der Waals surface area (Å²) in [5.41, 5.74) is 3.98. The average molecular weight is 302 g/mol. The van der Waals surface area contributed by atoms with E-state index in [1.807, 2.05) is 0 Å². The standard InChI is InChI=1S/C16H16BrN/c17-14-6-3-5-12(10-14)16-7-2-1-4-13(16)11-18-15-8-9-15/h1-7,10,15,18H,8-9,11H2. The van der Waals surface area contributed by atoms with Gasteiger partial charge < -0.3 is 5.32 Å². The predicted octanol–water partition coefficient (Wildman–Crippen LogP) is 4.37. The summed E-state index contributed by atoms with van der Waals surface area (Å²) in [6.45, 7) is 0.966. The molecule has 1 N–H and O–H groups in total. The van der Waals surface area contributed by atoms with Gasteiger partial charge in [0.15, 0.2) is 0 Å². The largest absolute Gasteiger partial charge is 0.310 e. The van der Waals surface area contributed by atoms with Gasteiger partial charge in [0.05, 0.1) is 0 Å². The Bertz CT molecular complexity index is 546. The molecule has 92 valence electrons. The van der Waals surface area contributed by atoms with Crippen LogP contribution in [0.3, 0.4) is 0 Å². The lowest BCUT2D eigenvalue weighted by Gasteiger charge is -2.10. The molecule has 2 heteroatoms. The van der Waals surface area contributed by atoms with Gasteiger partial charge in [-0.3, -0.25) is 0 Å². The molecule has 0 bridgehead atoms. The molecule has 1 saturated carbocycles. The summed E-state index contributed by atoms with van der Waals surface area (Å²) in [4.78, 5) is 0. The molecular weight excluding hydrogens is 286 g/mol. The molecule has 0 aromatic heterocycles. The number of hydrogen-bond donors (Lipinski definition) is 1. The third kappa shape index (κ3) is 2.82. The van der Waals surface area contributed by atoms with Crippen molar-refractivity contribution < 1.29 is 0 Å². The number of nitrogens with one attached hydrogen (secondary N) is 1. The van der Waals surface area contributed by atoms with Gasteiger partial charge in [0.1, 0.15) is 0 Å². The maximum absolute atomic E-state index is 3.59. The van der Waals surface area contributed by atoms with E-state index in [1.165, 1.54) is 29.5 Å². The van der Waals surface area contributed by atoms with E-state index in [0.29, 0.717) is 0 Å². The van der Waals surface area contributed by atoms with E-state index in [1.54, 1.807) is 0 Å². The molecule has 0 spiro atoms. The van der Waals surface area contributed by atoms with Crippen LogP contribution < -0.4 is 5.32 Å². The number of rotatable bonds is 4. The first-order valence-corrected chi connectivity index (χ1v) is 7.19. The fourth-order valence-corrected chi connectivity index (χ4v) is 2.55. The SMILES string of the molecule is Brc1cccc(-c2ccccc2CNC2CC2)c1. The zero-order chi connectivity index (χ0) is 12.4. The van der Waals surface area contributed by atoms with Crippen molar-refractivity contribution in [3.8, 4) is 11.1 Å². The Balaban J connectivity index is 1.89. The Hall–Kier alpha value is -1.12. The normalized spacial score (nSPS) is 14.7. The third-order valence-corrected chi connectivity index (χ3v) is 3.80. The van der Waals surface area contributed by atoms with Crippen LogP contribution in [0.1, 0.15) is 18.4 Å². The van der Waals surface area contributed by atoms with Crippen LogP contribution in [0.5, 0.6) is 0 Å². The Morgan fingerprint density at radius 3 is 2.67 bits per heavy atom. The number of halogens is 1. The molecule has 1 fully saturated rings. The van der Waals surface area contributed by atoms with Crippen molar-refractivity contribution >= 4 is 15.9 Å². The fraction of sp³-hybridized carbons (Fsp3) is 0.250. The fourth-order valence-electron chi connectivity index (χ4n) is 2.15. The maximum Gasteiger partial charge on any atom is 0.0214 e. The van der Waals surface area contributed by atoms with Crippen LogP contribution in [-0.2, 0) is 6.54 Å². The second kappa shape index (κ2) is 5.25. The van der Waals surface area contributed by atoms with Crippen LogP contribution in [0.2, 0.25) is 0 Å². The van der Waals surface area contributed by atoms with Crippen LogP contribution in [0, 0.1) is 0 Å². The van der Waals surface area contributed by atoms with E-state index < -0.39 is 0 Å². The highest BCUT2D eigenvalue weighted by atomic mass is 79.9. The van der Waals surface area contributed by atoms with Crippen molar-refractivity contribution in [3.63, 3.8) is 0 Å². The van der Waals surface area contributed by atoms with Gasteiger partial charge in [-0.1, -0.05) is 52.3 Å². The van der Waals surface area contributed by atoms with Gasteiger partial charge in [0, 0.05) is 17.1 Å². The number of benzene rings is 2. The minimum absolute atomic E-state index is 0.751. The summed E-state index contributed by atoms with van der Waals surface area (Å²) < 4.78 is 1.13. The molecule has 0 aliphatic heterocycles. The molecule has 0 amide bonds. The van der Waals surface area contributed by atoms with Crippen LogP contribution in [0.25, 0.3) is 11.1 Å². The van der Waals surface area contributed by atoms with E-state index in [2.05, 4.69) is 69.8 Å². The molecule has 0 atom stereocenters. The summed E-state index contributed by atoms with van der Waals surface area (Å²) >= 11 is 3.54. The predicted molar refractivity (Wildman–Crippen MR) is 79.4 cm³/mol. The molecule has 0 unspecified atom stereocenters. The highest BCUT2D eigenvalue weighted by molar-refractivity contribution is 9.10. The first-order chi connectivity index (χ1) is 8.83. The van der Waals surface area contributed by atoms with Gasteiger partial charge in [-0.05, 0) is 41.7 Å². The lowest BCUT2D eigenvalue weighted by molar-refractivity contribution is 0.689. The second-order valence-electron chi connectivity index (χ2n) is 4.82. The quantitative estimate of drug-likeness (QED) is 0.884. The second-order valence-corrected chi connectivity index (χ2v) is 5.74. The first-order valence-electron chi connectivity index (χ1n) is 6.40. The van der Waals surface area contributed by atoms with Crippen LogP contribution in [0.4, 0.5) is 0 Å². The highest BCUT2D eigenvalue weighted by Gasteiger charge is 2.20. The Kier molecular flexibility index (Phi) is 3.48. The van der Waals surface area contributed by atoms with Gasteiger partial charge >= 0.3 is 0 Å². The molecule has 1 aliphatic rings. The van der Waals surface area contributed by atoms with E-state index in [4.69, 9.17) is 0 Å². The molecule has 18 heavy (non-hydrogen) atoms. The molecule has 0 saturated heterocycles. The molecule has 0 heterocycles. The maximum atomic E-state index is 3.59. The van der Waals surface area contributed by atoms with Crippen molar-refractivity contribution in [2.24, 2.45) is 0 Å². The van der Waals surface area contributed by atoms with Gasteiger partial charge in [0.25, 0.3) is 0 Å². The minimum atomic E-state index is 0.751. The molecule has 1 aliphatic carbocycles. The zero-order valence-corrected chi connectivity index (χ0v) is 11.8. The van der Waals surface area contributed by atoms with Crippen molar-refractivity contribution in [3.05, 3.63) is 58.6 Å². The van der Waals surface area contributed by atoms with Crippen molar-refractivity contribution in [1.29, 1.82) is 0 Å². The average Bonchev–Trinajstić information content (AvgIpc) is 3.21. The lowest BCUT2D eigenvalue weighted by Crippen LogP contribution is -2.15. The molecule has 0 radical (unpaired) electrons. The van der Waals surface area contributed by atoms with Crippen molar-refractivity contribution in [2.75, 3.05) is 0 Å². The summed E-state index contributed by atoms with van der Waals surface area (Å²) in [6.07, 6.45) is 2.66. The van der Waals surface area contributed by atoms with Gasteiger partial charge in [-0.15, -0.1) is 0 Å². The summed E-state index contributed by atoms with van der Waals surface area (Å²) in [5, 5.41) is 3.59. The minimum Gasteiger partial charge on any atom is -0.310 e. The zero-order valence-electron chi connectivity index (χ0n) is 10.2. The summed E-state index contributed by atoms with van der Waals surface area (Å²) in [5.74, 6) is 0. The van der Waals surface area contributed by atoms with E-state index in [9.17, 15) is 0 Å². The summed E-state index contributed by atoms with van der Waals surface area (Å²) in [6, 6.07) is 17.9. The Morgan fingerprint density at radius 1 is 1.06 bits per heavy atom.